The number of anilines is 1. The van der Waals surface area contributed by atoms with Crippen molar-refractivity contribution in [2.75, 3.05) is 37.7 Å². The van der Waals surface area contributed by atoms with E-state index < -0.39 is 0 Å². The SMILES string of the molecule is O=C(CCCOc1ccccc1Cl)N1CCN(c2nnc(C3CCCCC3)s2)CC1. The van der Waals surface area contributed by atoms with Gasteiger partial charge >= 0.3 is 0 Å². The second-order valence-corrected chi connectivity index (χ2v) is 9.40. The van der Waals surface area contributed by atoms with Crippen LogP contribution in [0.25, 0.3) is 0 Å². The molecule has 0 bridgehead atoms. The molecule has 1 saturated carbocycles. The van der Waals surface area contributed by atoms with Gasteiger partial charge in [0, 0.05) is 38.5 Å². The number of hydrogen-bond donors (Lipinski definition) is 0. The Bertz CT molecular complexity index is 832. The molecule has 1 aliphatic carbocycles. The van der Waals surface area contributed by atoms with Crippen molar-refractivity contribution in [2.24, 2.45) is 0 Å². The van der Waals surface area contributed by atoms with Crippen molar-refractivity contribution < 1.29 is 9.53 Å². The summed E-state index contributed by atoms with van der Waals surface area (Å²) >= 11 is 7.83. The van der Waals surface area contributed by atoms with E-state index in [4.69, 9.17) is 16.3 Å². The second-order valence-electron chi connectivity index (χ2n) is 8.01. The van der Waals surface area contributed by atoms with E-state index in [9.17, 15) is 4.79 Å². The van der Waals surface area contributed by atoms with Crippen LogP contribution in [0.15, 0.2) is 24.3 Å². The zero-order chi connectivity index (χ0) is 20.8. The number of rotatable bonds is 7. The largest absolute Gasteiger partial charge is 0.492 e. The van der Waals surface area contributed by atoms with Crippen LogP contribution >= 0.6 is 22.9 Å². The minimum atomic E-state index is 0.192. The van der Waals surface area contributed by atoms with Gasteiger partial charge in [0.05, 0.1) is 11.6 Å². The van der Waals surface area contributed by atoms with Gasteiger partial charge in [-0.2, -0.15) is 0 Å². The van der Waals surface area contributed by atoms with Crippen molar-refractivity contribution in [1.82, 2.24) is 15.1 Å². The molecule has 30 heavy (non-hydrogen) atoms. The van der Waals surface area contributed by atoms with Gasteiger partial charge in [0.25, 0.3) is 0 Å². The first-order chi connectivity index (χ1) is 14.7. The number of hydrogen-bond acceptors (Lipinski definition) is 6. The van der Waals surface area contributed by atoms with Crippen LogP contribution < -0.4 is 9.64 Å². The van der Waals surface area contributed by atoms with E-state index in [2.05, 4.69) is 15.1 Å². The molecule has 1 saturated heterocycles. The van der Waals surface area contributed by atoms with Crippen molar-refractivity contribution in [1.29, 1.82) is 0 Å². The molecule has 8 heteroatoms. The van der Waals surface area contributed by atoms with Gasteiger partial charge in [-0.15, -0.1) is 10.2 Å². The van der Waals surface area contributed by atoms with Crippen molar-refractivity contribution in [3.05, 3.63) is 34.3 Å². The van der Waals surface area contributed by atoms with Crippen molar-refractivity contribution >= 4 is 34.0 Å². The van der Waals surface area contributed by atoms with Crippen LogP contribution in [-0.2, 0) is 4.79 Å². The summed E-state index contributed by atoms with van der Waals surface area (Å²) in [6.45, 7) is 3.61. The summed E-state index contributed by atoms with van der Waals surface area (Å²) in [5.41, 5.74) is 0. The van der Waals surface area contributed by atoms with Gasteiger partial charge in [0.2, 0.25) is 11.0 Å². The molecule has 2 heterocycles. The molecule has 0 atom stereocenters. The fourth-order valence-electron chi connectivity index (χ4n) is 4.14. The summed E-state index contributed by atoms with van der Waals surface area (Å²) in [6, 6.07) is 7.41. The number of nitrogens with zero attached hydrogens (tertiary/aromatic N) is 4. The highest BCUT2D eigenvalue weighted by Crippen LogP contribution is 2.36. The predicted octanol–water partition coefficient (Wildman–Crippen LogP) is 4.75. The number of carbonyl (C=O) groups is 1. The highest BCUT2D eigenvalue weighted by atomic mass is 35.5. The van der Waals surface area contributed by atoms with Gasteiger partial charge in [-0.1, -0.05) is 54.3 Å². The van der Waals surface area contributed by atoms with E-state index in [0.29, 0.717) is 36.1 Å². The number of ether oxygens (including phenoxy) is 1. The highest BCUT2D eigenvalue weighted by molar-refractivity contribution is 7.15. The van der Waals surface area contributed by atoms with Crippen LogP contribution in [0, 0.1) is 0 Å². The molecular weight excluding hydrogens is 420 g/mol. The van der Waals surface area contributed by atoms with Crippen molar-refractivity contribution in [3.63, 3.8) is 0 Å². The maximum Gasteiger partial charge on any atom is 0.222 e. The Labute approximate surface area is 187 Å². The Morgan fingerprint density at radius 3 is 2.63 bits per heavy atom. The van der Waals surface area contributed by atoms with Crippen LogP contribution in [0.2, 0.25) is 5.02 Å². The molecule has 1 amide bonds. The Balaban J connectivity index is 1.18. The van der Waals surface area contributed by atoms with Crippen LogP contribution in [0.3, 0.4) is 0 Å². The lowest BCUT2D eigenvalue weighted by atomic mass is 9.90. The molecule has 162 valence electrons. The first-order valence-electron chi connectivity index (χ1n) is 10.9. The fourth-order valence-corrected chi connectivity index (χ4v) is 5.40. The lowest BCUT2D eigenvalue weighted by Gasteiger charge is -2.34. The molecule has 4 rings (SSSR count). The number of aromatic nitrogens is 2. The number of piperazine rings is 1. The number of amides is 1. The number of carbonyl (C=O) groups excluding carboxylic acids is 1. The van der Waals surface area contributed by atoms with Crippen LogP contribution in [0.4, 0.5) is 5.13 Å². The third-order valence-corrected chi connectivity index (χ3v) is 7.38. The van der Waals surface area contributed by atoms with Gasteiger partial charge in [-0.05, 0) is 31.4 Å². The molecule has 1 aromatic heterocycles. The smallest absolute Gasteiger partial charge is 0.222 e. The molecular formula is C22H29ClN4O2S. The standard InChI is InChI=1S/C22H29ClN4O2S/c23-18-9-4-5-10-19(18)29-16-6-11-20(28)26-12-14-27(15-13-26)22-25-24-21(30-22)17-7-2-1-3-8-17/h4-5,9-10,17H,1-3,6-8,11-16H2. The van der Waals surface area contributed by atoms with Gasteiger partial charge in [0.15, 0.2) is 0 Å². The molecule has 2 aliphatic rings. The van der Waals surface area contributed by atoms with Crippen molar-refractivity contribution in [2.45, 2.75) is 50.9 Å². The monoisotopic (exact) mass is 448 g/mol. The Morgan fingerprint density at radius 2 is 1.87 bits per heavy atom. The van der Waals surface area contributed by atoms with E-state index in [1.807, 2.05) is 23.1 Å². The number of halogens is 1. The third-order valence-electron chi connectivity index (χ3n) is 5.92. The quantitative estimate of drug-likeness (QED) is 0.572. The first kappa shape index (κ1) is 21.4. The lowest BCUT2D eigenvalue weighted by Crippen LogP contribution is -2.48. The maximum atomic E-state index is 12.5. The molecule has 0 radical (unpaired) electrons. The maximum absolute atomic E-state index is 12.5. The number of benzene rings is 1. The molecule has 2 fully saturated rings. The Hall–Kier alpha value is -1.86. The van der Waals surface area contributed by atoms with E-state index in [0.717, 1.165) is 31.3 Å². The van der Waals surface area contributed by atoms with Gasteiger partial charge in [-0.25, -0.2) is 0 Å². The molecule has 2 aromatic rings. The molecule has 6 nitrogen and oxygen atoms in total. The first-order valence-corrected chi connectivity index (χ1v) is 12.1. The summed E-state index contributed by atoms with van der Waals surface area (Å²) in [5.74, 6) is 1.46. The van der Waals surface area contributed by atoms with Crippen LogP contribution in [0.1, 0.15) is 55.9 Å². The fraction of sp³-hybridized carbons (Fsp3) is 0.591. The average Bonchev–Trinajstić information content (AvgIpc) is 3.29. The zero-order valence-electron chi connectivity index (χ0n) is 17.3. The second kappa shape index (κ2) is 10.4. The minimum Gasteiger partial charge on any atom is -0.492 e. The minimum absolute atomic E-state index is 0.192. The van der Waals surface area contributed by atoms with E-state index >= 15 is 0 Å². The zero-order valence-corrected chi connectivity index (χ0v) is 18.8. The Kier molecular flexibility index (Phi) is 7.44. The van der Waals surface area contributed by atoms with Gasteiger partial charge in [-0.3, -0.25) is 4.79 Å². The Morgan fingerprint density at radius 1 is 1.10 bits per heavy atom. The highest BCUT2D eigenvalue weighted by Gasteiger charge is 2.25. The average molecular weight is 449 g/mol. The van der Waals surface area contributed by atoms with Crippen LogP contribution in [0.5, 0.6) is 5.75 Å². The molecule has 1 aromatic carbocycles. The summed E-state index contributed by atoms with van der Waals surface area (Å²) in [5, 5.41) is 11.7. The normalized spacial score (nSPS) is 17.9. The summed E-state index contributed by atoms with van der Waals surface area (Å²) in [4.78, 5) is 16.8. The van der Waals surface area contributed by atoms with E-state index in [-0.39, 0.29) is 5.91 Å². The molecule has 1 aliphatic heterocycles. The van der Waals surface area contributed by atoms with Crippen molar-refractivity contribution in [3.8, 4) is 5.75 Å². The van der Waals surface area contributed by atoms with Gasteiger partial charge in [0.1, 0.15) is 10.8 Å². The number of para-hydroxylation sites is 1. The third kappa shape index (κ3) is 5.43. The molecule has 0 spiro atoms. The summed E-state index contributed by atoms with van der Waals surface area (Å²) in [6.07, 6.45) is 7.65. The van der Waals surface area contributed by atoms with E-state index in [1.165, 1.54) is 37.1 Å². The van der Waals surface area contributed by atoms with Gasteiger partial charge < -0.3 is 14.5 Å². The molecule has 0 N–H and O–H groups in total. The van der Waals surface area contributed by atoms with E-state index in [1.54, 1.807) is 17.4 Å². The topological polar surface area (TPSA) is 58.6 Å². The summed E-state index contributed by atoms with van der Waals surface area (Å²) < 4.78 is 5.68. The van der Waals surface area contributed by atoms with Crippen LogP contribution in [-0.4, -0.2) is 53.8 Å². The predicted molar refractivity (Wildman–Crippen MR) is 121 cm³/mol. The summed E-state index contributed by atoms with van der Waals surface area (Å²) in [7, 11) is 0. The molecule has 0 unspecified atom stereocenters. The lowest BCUT2D eigenvalue weighted by molar-refractivity contribution is -0.131.